The smallest absolute Gasteiger partial charge is 0.265 e. The number of amides is 1. The van der Waals surface area contributed by atoms with Gasteiger partial charge in [0.25, 0.3) is 5.91 Å². The highest BCUT2D eigenvalue weighted by molar-refractivity contribution is 7.14. The number of anilines is 1. The van der Waals surface area contributed by atoms with E-state index in [4.69, 9.17) is 9.47 Å². The highest BCUT2D eigenvalue weighted by atomic mass is 32.1. The van der Waals surface area contributed by atoms with Crippen molar-refractivity contribution >= 4 is 22.9 Å². The molecule has 0 spiro atoms. The molecule has 2 aromatic rings. The lowest BCUT2D eigenvalue weighted by atomic mass is 10.2. The largest absolute Gasteiger partial charge is 0.490 e. The maximum Gasteiger partial charge on any atom is 0.265 e. The van der Waals surface area contributed by atoms with E-state index in [2.05, 4.69) is 5.32 Å². The quantitative estimate of drug-likeness (QED) is 0.921. The van der Waals surface area contributed by atoms with Crippen LogP contribution in [0.15, 0.2) is 30.3 Å². The van der Waals surface area contributed by atoms with Crippen LogP contribution in [0.5, 0.6) is 11.5 Å². The summed E-state index contributed by atoms with van der Waals surface area (Å²) in [6.45, 7) is 3.27. The summed E-state index contributed by atoms with van der Waals surface area (Å²) < 4.78 is 11.2. The summed E-state index contributed by atoms with van der Waals surface area (Å²) in [6.07, 6.45) is 0.866. The molecule has 1 amide bonds. The first-order valence-electron chi connectivity index (χ1n) is 6.50. The number of hydrogen-bond acceptors (Lipinski definition) is 4. The third-order valence-electron chi connectivity index (χ3n) is 2.97. The molecule has 0 radical (unpaired) electrons. The number of aryl methyl sites for hydroxylation is 1. The van der Waals surface area contributed by atoms with E-state index in [1.807, 2.05) is 31.2 Å². The summed E-state index contributed by atoms with van der Waals surface area (Å²) in [5.41, 5.74) is 0.713. The molecule has 20 heavy (non-hydrogen) atoms. The van der Waals surface area contributed by atoms with Gasteiger partial charge in [-0.05, 0) is 31.2 Å². The molecule has 104 valence electrons. The predicted octanol–water partition coefficient (Wildman–Crippen LogP) is 3.47. The molecule has 0 unspecified atom stereocenters. The van der Waals surface area contributed by atoms with Crippen LogP contribution in [0.25, 0.3) is 0 Å². The van der Waals surface area contributed by atoms with Crippen molar-refractivity contribution in [2.24, 2.45) is 0 Å². The Labute approximate surface area is 121 Å². The zero-order valence-corrected chi connectivity index (χ0v) is 12.0. The molecular weight excluding hydrogens is 274 g/mol. The SMILES string of the molecule is Cc1ccc(C(=O)Nc2ccc3c(c2)OCCCO3)s1. The van der Waals surface area contributed by atoms with Gasteiger partial charge < -0.3 is 14.8 Å². The summed E-state index contributed by atoms with van der Waals surface area (Å²) in [7, 11) is 0. The molecule has 4 nitrogen and oxygen atoms in total. The van der Waals surface area contributed by atoms with Gasteiger partial charge in [-0.15, -0.1) is 11.3 Å². The van der Waals surface area contributed by atoms with Crippen LogP contribution in [0.4, 0.5) is 5.69 Å². The summed E-state index contributed by atoms with van der Waals surface area (Å²) in [5, 5.41) is 2.88. The molecule has 1 aromatic carbocycles. The molecule has 1 aliphatic rings. The predicted molar refractivity (Wildman–Crippen MR) is 79.1 cm³/mol. The van der Waals surface area contributed by atoms with Crippen molar-refractivity contribution < 1.29 is 14.3 Å². The first-order chi connectivity index (χ1) is 9.72. The fourth-order valence-electron chi connectivity index (χ4n) is 1.99. The molecule has 0 atom stereocenters. The van der Waals surface area contributed by atoms with Crippen LogP contribution in [-0.2, 0) is 0 Å². The molecule has 1 aliphatic heterocycles. The van der Waals surface area contributed by atoms with Crippen molar-refractivity contribution in [3.63, 3.8) is 0 Å². The Balaban J connectivity index is 1.77. The van der Waals surface area contributed by atoms with Gasteiger partial charge in [-0.25, -0.2) is 0 Å². The van der Waals surface area contributed by atoms with E-state index < -0.39 is 0 Å². The van der Waals surface area contributed by atoms with E-state index in [0.717, 1.165) is 17.0 Å². The van der Waals surface area contributed by atoms with Crippen molar-refractivity contribution in [1.82, 2.24) is 0 Å². The Kier molecular flexibility index (Phi) is 3.60. The summed E-state index contributed by atoms with van der Waals surface area (Å²) >= 11 is 1.48. The lowest BCUT2D eigenvalue weighted by Gasteiger charge is -2.09. The van der Waals surface area contributed by atoms with E-state index in [1.54, 1.807) is 6.07 Å². The number of benzene rings is 1. The zero-order chi connectivity index (χ0) is 13.9. The van der Waals surface area contributed by atoms with E-state index in [0.29, 0.717) is 29.5 Å². The van der Waals surface area contributed by atoms with Crippen LogP contribution < -0.4 is 14.8 Å². The molecule has 5 heteroatoms. The third kappa shape index (κ3) is 2.77. The van der Waals surface area contributed by atoms with Gasteiger partial charge in [0, 0.05) is 23.1 Å². The molecular formula is C15H15NO3S. The van der Waals surface area contributed by atoms with Gasteiger partial charge in [0.05, 0.1) is 18.1 Å². The monoisotopic (exact) mass is 289 g/mol. The summed E-state index contributed by atoms with van der Waals surface area (Å²) in [5.74, 6) is 1.31. The standard InChI is InChI=1S/C15H15NO3S/c1-10-3-6-14(20-10)15(17)16-11-4-5-12-13(9-11)19-8-2-7-18-12/h3-6,9H,2,7-8H2,1H3,(H,16,17). The highest BCUT2D eigenvalue weighted by Crippen LogP contribution is 2.32. The van der Waals surface area contributed by atoms with Crippen LogP contribution in [0, 0.1) is 6.92 Å². The minimum absolute atomic E-state index is 0.0995. The molecule has 0 bridgehead atoms. The maximum absolute atomic E-state index is 12.1. The topological polar surface area (TPSA) is 47.6 Å². The van der Waals surface area contributed by atoms with E-state index in [9.17, 15) is 4.79 Å². The van der Waals surface area contributed by atoms with Crippen LogP contribution in [-0.4, -0.2) is 19.1 Å². The van der Waals surface area contributed by atoms with Crippen molar-refractivity contribution in [3.05, 3.63) is 40.1 Å². The number of ether oxygens (including phenoxy) is 2. The second kappa shape index (κ2) is 5.54. The first kappa shape index (κ1) is 13.0. The molecule has 3 rings (SSSR count). The van der Waals surface area contributed by atoms with E-state index in [-0.39, 0.29) is 5.91 Å². The Morgan fingerprint density at radius 1 is 1.15 bits per heavy atom. The Bertz CT molecular complexity index is 636. The number of rotatable bonds is 2. The molecule has 0 fully saturated rings. The Morgan fingerprint density at radius 3 is 2.70 bits per heavy atom. The first-order valence-corrected chi connectivity index (χ1v) is 7.31. The van der Waals surface area contributed by atoms with Gasteiger partial charge in [-0.2, -0.15) is 0 Å². The third-order valence-corrected chi connectivity index (χ3v) is 3.97. The second-order valence-electron chi connectivity index (χ2n) is 4.58. The fraction of sp³-hybridized carbons (Fsp3) is 0.267. The fourth-order valence-corrected chi connectivity index (χ4v) is 2.75. The van der Waals surface area contributed by atoms with Gasteiger partial charge in [0.2, 0.25) is 0 Å². The molecule has 1 aromatic heterocycles. The Morgan fingerprint density at radius 2 is 1.95 bits per heavy atom. The van der Waals surface area contributed by atoms with Crippen LogP contribution >= 0.6 is 11.3 Å². The maximum atomic E-state index is 12.1. The molecule has 2 heterocycles. The van der Waals surface area contributed by atoms with Crippen molar-refractivity contribution in [1.29, 1.82) is 0 Å². The highest BCUT2D eigenvalue weighted by Gasteiger charge is 2.13. The number of nitrogens with one attached hydrogen (secondary N) is 1. The molecule has 0 saturated heterocycles. The van der Waals surface area contributed by atoms with E-state index >= 15 is 0 Å². The Hall–Kier alpha value is -2.01. The lowest BCUT2D eigenvalue weighted by molar-refractivity contribution is 0.103. The van der Waals surface area contributed by atoms with Crippen molar-refractivity contribution in [2.75, 3.05) is 18.5 Å². The average molecular weight is 289 g/mol. The van der Waals surface area contributed by atoms with E-state index in [1.165, 1.54) is 11.3 Å². The lowest BCUT2D eigenvalue weighted by Crippen LogP contribution is -2.10. The van der Waals surface area contributed by atoms with Crippen LogP contribution in [0.2, 0.25) is 0 Å². The number of thiophene rings is 1. The van der Waals surface area contributed by atoms with Crippen LogP contribution in [0.3, 0.4) is 0 Å². The minimum Gasteiger partial charge on any atom is -0.490 e. The summed E-state index contributed by atoms with van der Waals surface area (Å²) in [6, 6.07) is 9.23. The number of hydrogen-bond donors (Lipinski definition) is 1. The normalized spacial score (nSPS) is 13.7. The van der Waals surface area contributed by atoms with Gasteiger partial charge in [0.1, 0.15) is 0 Å². The number of fused-ring (bicyclic) bond motifs is 1. The van der Waals surface area contributed by atoms with Gasteiger partial charge in [0.15, 0.2) is 11.5 Å². The number of carbonyl (C=O) groups excluding carboxylic acids is 1. The van der Waals surface area contributed by atoms with Crippen LogP contribution in [0.1, 0.15) is 21.0 Å². The summed E-state index contributed by atoms with van der Waals surface area (Å²) in [4.78, 5) is 13.9. The molecule has 1 N–H and O–H groups in total. The average Bonchev–Trinajstić information content (AvgIpc) is 2.74. The zero-order valence-electron chi connectivity index (χ0n) is 11.1. The van der Waals surface area contributed by atoms with Gasteiger partial charge in [-0.1, -0.05) is 0 Å². The molecule has 0 aliphatic carbocycles. The molecule has 0 saturated carbocycles. The van der Waals surface area contributed by atoms with Gasteiger partial charge in [-0.3, -0.25) is 4.79 Å². The second-order valence-corrected chi connectivity index (χ2v) is 5.86. The van der Waals surface area contributed by atoms with Gasteiger partial charge >= 0.3 is 0 Å². The number of carbonyl (C=O) groups is 1. The minimum atomic E-state index is -0.0995. The van der Waals surface area contributed by atoms with Crippen molar-refractivity contribution in [2.45, 2.75) is 13.3 Å². The van der Waals surface area contributed by atoms with Crippen molar-refractivity contribution in [3.8, 4) is 11.5 Å².